The Kier molecular flexibility index (Phi) is 3.41. The van der Waals surface area contributed by atoms with Crippen LogP contribution in [-0.2, 0) is 14.6 Å². The third kappa shape index (κ3) is 2.51. The lowest BCUT2D eigenvalue weighted by molar-refractivity contribution is -0.122. The fourth-order valence-corrected chi connectivity index (χ4v) is 4.97. The van der Waals surface area contributed by atoms with Gasteiger partial charge < -0.3 is 15.0 Å². The summed E-state index contributed by atoms with van der Waals surface area (Å²) in [5.41, 5.74) is 0.709. The van der Waals surface area contributed by atoms with Gasteiger partial charge in [-0.15, -0.1) is 0 Å². The molecule has 0 unspecified atom stereocenters. The van der Waals surface area contributed by atoms with Crippen molar-refractivity contribution < 1.29 is 17.9 Å². The number of carbonyl (C=O) groups excluding carboxylic acids is 1. The third-order valence-electron chi connectivity index (χ3n) is 4.08. The number of nitrogens with one attached hydrogen (secondary N) is 1. The third-order valence-corrected chi connectivity index (χ3v) is 5.79. The summed E-state index contributed by atoms with van der Waals surface area (Å²) in [6.45, 7) is 1.76. The molecule has 0 radical (unpaired) electrons. The van der Waals surface area contributed by atoms with E-state index in [0.717, 1.165) is 0 Å². The minimum atomic E-state index is -3.11. The summed E-state index contributed by atoms with van der Waals surface area (Å²) in [4.78, 5) is 14.1. The molecule has 0 bridgehead atoms. The van der Waals surface area contributed by atoms with Crippen LogP contribution in [0.15, 0.2) is 24.3 Å². The number of anilines is 1. The van der Waals surface area contributed by atoms with Gasteiger partial charge in [0.15, 0.2) is 9.84 Å². The van der Waals surface area contributed by atoms with E-state index in [1.165, 1.54) is 0 Å². The maximum Gasteiger partial charge on any atom is 0.244 e. The number of rotatable bonds is 2. The number of hydrogen-bond acceptors (Lipinski definition) is 5. The van der Waals surface area contributed by atoms with Crippen LogP contribution in [0.4, 0.5) is 5.69 Å². The Morgan fingerprint density at radius 1 is 1.24 bits per heavy atom. The highest BCUT2D eigenvalue weighted by Gasteiger charge is 2.48. The molecule has 1 N–H and O–H groups in total. The quantitative estimate of drug-likeness (QED) is 0.844. The van der Waals surface area contributed by atoms with E-state index in [0.29, 0.717) is 11.4 Å². The number of sulfone groups is 1. The van der Waals surface area contributed by atoms with Crippen LogP contribution in [0.1, 0.15) is 6.92 Å². The fraction of sp³-hybridized carbons (Fsp3) is 0.500. The number of methoxy groups -OCH3 is 1. The fourth-order valence-electron chi connectivity index (χ4n) is 3.07. The standard InChI is InChI=1S/C14H18N2O4S/c1-9-14(17)16(10-3-5-11(20-2)6-4-10)13-8-21(18,19)7-12(13)15-9/h3-6,9,12-13,15H,7-8H2,1-2H3/t9-,12+,13-/m0/s1. The van der Waals surface area contributed by atoms with Gasteiger partial charge in [0.2, 0.25) is 5.91 Å². The molecule has 1 amide bonds. The first kappa shape index (κ1) is 14.3. The summed E-state index contributed by atoms with van der Waals surface area (Å²) >= 11 is 0. The highest BCUT2D eigenvalue weighted by Crippen LogP contribution is 2.30. The molecule has 2 aliphatic rings. The van der Waals surface area contributed by atoms with Crippen molar-refractivity contribution in [3.05, 3.63) is 24.3 Å². The van der Waals surface area contributed by atoms with Crippen molar-refractivity contribution in [1.29, 1.82) is 0 Å². The number of benzene rings is 1. The van der Waals surface area contributed by atoms with Crippen LogP contribution in [0.2, 0.25) is 0 Å². The molecule has 0 spiro atoms. The summed E-state index contributed by atoms with van der Waals surface area (Å²) in [6, 6.07) is 6.19. The largest absolute Gasteiger partial charge is 0.497 e. The van der Waals surface area contributed by atoms with Gasteiger partial charge in [-0.1, -0.05) is 0 Å². The number of amides is 1. The predicted octanol–water partition coefficient (Wildman–Crippen LogP) is 0.186. The van der Waals surface area contributed by atoms with Crippen molar-refractivity contribution in [2.75, 3.05) is 23.5 Å². The van der Waals surface area contributed by atoms with E-state index in [-0.39, 0.29) is 35.5 Å². The molecule has 2 fully saturated rings. The molecular weight excluding hydrogens is 292 g/mol. The minimum absolute atomic E-state index is 0.00908. The van der Waals surface area contributed by atoms with E-state index >= 15 is 0 Å². The molecule has 6 nitrogen and oxygen atoms in total. The Bertz CT molecular complexity index is 656. The van der Waals surface area contributed by atoms with Gasteiger partial charge in [0.1, 0.15) is 5.75 Å². The second-order valence-corrected chi connectivity index (χ2v) is 7.70. The van der Waals surface area contributed by atoms with E-state index in [1.54, 1.807) is 43.2 Å². The molecule has 114 valence electrons. The van der Waals surface area contributed by atoms with Gasteiger partial charge >= 0.3 is 0 Å². The molecule has 3 rings (SSSR count). The van der Waals surface area contributed by atoms with E-state index in [9.17, 15) is 13.2 Å². The van der Waals surface area contributed by atoms with Gasteiger partial charge in [0.05, 0.1) is 30.7 Å². The van der Waals surface area contributed by atoms with Gasteiger partial charge in [0, 0.05) is 11.7 Å². The van der Waals surface area contributed by atoms with E-state index in [4.69, 9.17) is 4.74 Å². The molecule has 0 saturated carbocycles. The smallest absolute Gasteiger partial charge is 0.244 e. The maximum atomic E-state index is 12.5. The Hall–Kier alpha value is -1.60. The molecule has 2 aliphatic heterocycles. The van der Waals surface area contributed by atoms with Crippen LogP contribution in [0.25, 0.3) is 0 Å². The van der Waals surface area contributed by atoms with Crippen LogP contribution >= 0.6 is 0 Å². The molecule has 1 aromatic rings. The Morgan fingerprint density at radius 2 is 1.90 bits per heavy atom. The van der Waals surface area contributed by atoms with Crippen molar-refractivity contribution in [2.45, 2.75) is 25.0 Å². The molecule has 2 saturated heterocycles. The number of nitrogens with zero attached hydrogens (tertiary/aromatic N) is 1. The van der Waals surface area contributed by atoms with E-state index in [2.05, 4.69) is 5.32 Å². The minimum Gasteiger partial charge on any atom is -0.497 e. The average Bonchev–Trinajstić information content (AvgIpc) is 2.74. The zero-order valence-electron chi connectivity index (χ0n) is 11.9. The normalized spacial score (nSPS) is 31.0. The molecule has 2 heterocycles. The second kappa shape index (κ2) is 4.99. The predicted molar refractivity (Wildman–Crippen MR) is 79.3 cm³/mol. The number of carbonyl (C=O) groups is 1. The molecule has 3 atom stereocenters. The number of hydrogen-bond donors (Lipinski definition) is 1. The first-order chi connectivity index (χ1) is 9.91. The van der Waals surface area contributed by atoms with Crippen molar-refractivity contribution in [3.8, 4) is 5.75 Å². The van der Waals surface area contributed by atoms with E-state index < -0.39 is 9.84 Å². The van der Waals surface area contributed by atoms with Gasteiger partial charge in [-0.3, -0.25) is 4.79 Å². The highest BCUT2D eigenvalue weighted by atomic mass is 32.2. The summed E-state index contributed by atoms with van der Waals surface area (Å²) in [5.74, 6) is 0.695. The Morgan fingerprint density at radius 3 is 2.52 bits per heavy atom. The lowest BCUT2D eigenvalue weighted by Gasteiger charge is -2.40. The van der Waals surface area contributed by atoms with Crippen LogP contribution in [0.3, 0.4) is 0 Å². The van der Waals surface area contributed by atoms with Gasteiger partial charge in [-0.25, -0.2) is 8.42 Å². The zero-order chi connectivity index (χ0) is 15.2. The summed E-state index contributed by atoms with van der Waals surface area (Å²) < 4.78 is 28.9. The Labute approximate surface area is 124 Å². The van der Waals surface area contributed by atoms with E-state index in [1.807, 2.05) is 0 Å². The van der Waals surface area contributed by atoms with Crippen LogP contribution < -0.4 is 15.0 Å². The van der Waals surface area contributed by atoms with Crippen LogP contribution in [0.5, 0.6) is 5.75 Å². The molecule has 21 heavy (non-hydrogen) atoms. The van der Waals surface area contributed by atoms with Crippen molar-refractivity contribution in [3.63, 3.8) is 0 Å². The number of piperazine rings is 1. The number of ether oxygens (including phenoxy) is 1. The lowest BCUT2D eigenvalue weighted by Crippen LogP contribution is -2.64. The lowest BCUT2D eigenvalue weighted by atomic mass is 10.0. The summed E-state index contributed by atoms with van der Waals surface area (Å²) in [7, 11) is -1.53. The topological polar surface area (TPSA) is 75.7 Å². The SMILES string of the molecule is COc1ccc(N2C(=O)[C@H](C)N[C@@H]3CS(=O)(=O)C[C@@H]32)cc1. The number of fused-ring (bicyclic) bond motifs is 1. The van der Waals surface area contributed by atoms with Crippen molar-refractivity contribution >= 4 is 21.4 Å². The van der Waals surface area contributed by atoms with Crippen LogP contribution in [-0.4, -0.2) is 51.1 Å². The van der Waals surface area contributed by atoms with Gasteiger partial charge in [-0.05, 0) is 31.2 Å². The molecule has 0 aromatic heterocycles. The van der Waals surface area contributed by atoms with Crippen molar-refractivity contribution in [2.24, 2.45) is 0 Å². The van der Waals surface area contributed by atoms with Crippen molar-refractivity contribution in [1.82, 2.24) is 5.32 Å². The van der Waals surface area contributed by atoms with Gasteiger partial charge in [0.25, 0.3) is 0 Å². The zero-order valence-corrected chi connectivity index (χ0v) is 12.8. The summed E-state index contributed by atoms with van der Waals surface area (Å²) in [5, 5.41) is 3.11. The highest BCUT2D eigenvalue weighted by molar-refractivity contribution is 7.91. The van der Waals surface area contributed by atoms with Gasteiger partial charge in [-0.2, -0.15) is 0 Å². The second-order valence-electron chi connectivity index (χ2n) is 5.55. The summed E-state index contributed by atoms with van der Waals surface area (Å²) in [6.07, 6.45) is 0. The maximum absolute atomic E-state index is 12.5. The Balaban J connectivity index is 1.98. The first-order valence-electron chi connectivity index (χ1n) is 6.85. The van der Waals surface area contributed by atoms with Crippen LogP contribution in [0, 0.1) is 0 Å². The monoisotopic (exact) mass is 310 g/mol. The molecular formula is C14H18N2O4S. The average molecular weight is 310 g/mol. The molecule has 7 heteroatoms. The molecule has 1 aromatic carbocycles. The first-order valence-corrected chi connectivity index (χ1v) is 8.67. The molecule has 0 aliphatic carbocycles.